The van der Waals surface area contributed by atoms with Gasteiger partial charge >= 0.3 is 0 Å². The molecule has 0 aliphatic carbocycles. The van der Waals surface area contributed by atoms with Crippen molar-refractivity contribution in [2.45, 2.75) is 39.9 Å². The maximum Gasteiger partial charge on any atom is 0.130 e. The Morgan fingerprint density at radius 2 is 1.38 bits per heavy atom. The normalized spacial score (nSPS) is 20.8. The van der Waals surface area contributed by atoms with Crippen LogP contribution in [0.1, 0.15) is 22.3 Å². The van der Waals surface area contributed by atoms with Crippen molar-refractivity contribution in [3.63, 3.8) is 0 Å². The van der Waals surface area contributed by atoms with E-state index in [1.165, 1.54) is 22.3 Å². The summed E-state index contributed by atoms with van der Waals surface area (Å²) < 4.78 is 22.9. The highest BCUT2D eigenvalue weighted by atomic mass is 16.6. The Bertz CT molecular complexity index is 819. The molecule has 0 spiro atoms. The highest BCUT2D eigenvalue weighted by Crippen LogP contribution is 2.44. The number of para-hydroxylation sites is 1. The van der Waals surface area contributed by atoms with Crippen molar-refractivity contribution in [1.29, 1.82) is 0 Å². The minimum absolute atomic E-state index is 0.225. The third-order valence-corrected chi connectivity index (χ3v) is 5.43. The van der Waals surface area contributed by atoms with Gasteiger partial charge in [0.1, 0.15) is 36.9 Å². The standard InChI is InChI=1S/C22H26O4/c1-13-14(2)16(4)22(26-12-18-10-24-18)21(15(13)3)19-7-5-6-8-20(19)25-11-17-9-23-17/h5-8,17-18H,9-12H2,1-4H3. The summed E-state index contributed by atoms with van der Waals surface area (Å²) in [4.78, 5) is 0. The Kier molecular flexibility index (Phi) is 4.63. The average molecular weight is 354 g/mol. The third kappa shape index (κ3) is 3.44. The predicted octanol–water partition coefficient (Wildman–Crippen LogP) is 4.14. The van der Waals surface area contributed by atoms with Gasteiger partial charge in [-0.05, 0) is 56.0 Å². The molecule has 2 heterocycles. The van der Waals surface area contributed by atoms with Gasteiger partial charge in [0.25, 0.3) is 0 Å². The monoisotopic (exact) mass is 354 g/mol. The van der Waals surface area contributed by atoms with E-state index in [1.807, 2.05) is 18.2 Å². The lowest BCUT2D eigenvalue weighted by Gasteiger charge is -2.22. The van der Waals surface area contributed by atoms with Gasteiger partial charge in [-0.3, -0.25) is 0 Å². The van der Waals surface area contributed by atoms with E-state index in [4.69, 9.17) is 18.9 Å². The van der Waals surface area contributed by atoms with E-state index in [0.717, 1.165) is 35.8 Å². The van der Waals surface area contributed by atoms with Crippen LogP contribution in [0.2, 0.25) is 0 Å². The van der Waals surface area contributed by atoms with Crippen LogP contribution in [0.25, 0.3) is 11.1 Å². The Labute approximate surface area is 155 Å². The van der Waals surface area contributed by atoms with Crippen LogP contribution in [0.5, 0.6) is 11.5 Å². The van der Waals surface area contributed by atoms with Gasteiger partial charge in [-0.2, -0.15) is 0 Å². The van der Waals surface area contributed by atoms with Gasteiger partial charge in [0.05, 0.1) is 13.2 Å². The number of ether oxygens (including phenoxy) is 4. The zero-order valence-corrected chi connectivity index (χ0v) is 15.9. The molecule has 4 nitrogen and oxygen atoms in total. The molecule has 138 valence electrons. The number of rotatable bonds is 7. The maximum absolute atomic E-state index is 6.25. The van der Waals surface area contributed by atoms with Crippen molar-refractivity contribution in [2.75, 3.05) is 26.4 Å². The van der Waals surface area contributed by atoms with Crippen molar-refractivity contribution in [1.82, 2.24) is 0 Å². The Morgan fingerprint density at radius 3 is 2.04 bits per heavy atom. The summed E-state index contributed by atoms with van der Waals surface area (Å²) in [5.41, 5.74) is 7.19. The van der Waals surface area contributed by atoms with E-state index in [2.05, 4.69) is 33.8 Å². The summed E-state index contributed by atoms with van der Waals surface area (Å²) in [6.07, 6.45) is 0.455. The highest BCUT2D eigenvalue weighted by Gasteiger charge is 2.27. The molecular formula is C22H26O4. The molecule has 0 N–H and O–H groups in total. The van der Waals surface area contributed by atoms with Crippen LogP contribution in [0.4, 0.5) is 0 Å². The molecule has 2 unspecified atom stereocenters. The summed E-state index contributed by atoms with van der Waals surface area (Å²) in [7, 11) is 0. The maximum atomic E-state index is 6.25. The van der Waals surface area contributed by atoms with E-state index < -0.39 is 0 Å². The molecule has 0 bridgehead atoms. The van der Waals surface area contributed by atoms with Gasteiger partial charge in [0.2, 0.25) is 0 Å². The van der Waals surface area contributed by atoms with Crippen molar-refractivity contribution in [3.8, 4) is 22.6 Å². The first kappa shape index (κ1) is 17.4. The first-order chi connectivity index (χ1) is 12.6. The lowest BCUT2D eigenvalue weighted by molar-refractivity contribution is 0.260. The molecule has 2 aromatic rings. The van der Waals surface area contributed by atoms with Crippen molar-refractivity contribution < 1.29 is 18.9 Å². The Balaban J connectivity index is 1.78. The highest BCUT2D eigenvalue weighted by molar-refractivity contribution is 5.81. The van der Waals surface area contributed by atoms with Gasteiger partial charge in [-0.1, -0.05) is 18.2 Å². The smallest absolute Gasteiger partial charge is 0.130 e. The molecule has 2 aliphatic heterocycles. The van der Waals surface area contributed by atoms with E-state index in [-0.39, 0.29) is 12.2 Å². The second kappa shape index (κ2) is 6.93. The lowest BCUT2D eigenvalue weighted by atomic mass is 9.89. The molecule has 4 rings (SSSR count). The summed E-state index contributed by atoms with van der Waals surface area (Å²) in [6, 6.07) is 8.19. The second-order valence-corrected chi connectivity index (χ2v) is 7.23. The topological polar surface area (TPSA) is 43.5 Å². The zero-order valence-electron chi connectivity index (χ0n) is 15.9. The number of hydrogen-bond acceptors (Lipinski definition) is 4. The first-order valence-corrected chi connectivity index (χ1v) is 9.24. The SMILES string of the molecule is Cc1c(C)c(C)c(-c2ccccc2OCC2CO2)c(OCC2CO2)c1C. The van der Waals surface area contributed by atoms with Crippen LogP contribution in [0.15, 0.2) is 24.3 Å². The van der Waals surface area contributed by atoms with Crippen LogP contribution < -0.4 is 9.47 Å². The first-order valence-electron chi connectivity index (χ1n) is 9.24. The minimum Gasteiger partial charge on any atom is -0.490 e. The Morgan fingerprint density at radius 1 is 0.808 bits per heavy atom. The molecule has 2 saturated heterocycles. The molecule has 2 fully saturated rings. The fourth-order valence-corrected chi connectivity index (χ4v) is 3.27. The van der Waals surface area contributed by atoms with E-state index in [0.29, 0.717) is 13.2 Å². The molecule has 0 saturated carbocycles. The van der Waals surface area contributed by atoms with Gasteiger partial charge in [0, 0.05) is 11.1 Å². The Hall–Kier alpha value is -2.04. The fraction of sp³-hybridized carbons (Fsp3) is 0.455. The summed E-state index contributed by atoms with van der Waals surface area (Å²) in [5, 5.41) is 0. The summed E-state index contributed by atoms with van der Waals surface area (Å²) in [5.74, 6) is 1.82. The van der Waals surface area contributed by atoms with Crippen LogP contribution >= 0.6 is 0 Å². The fourth-order valence-electron chi connectivity index (χ4n) is 3.27. The zero-order chi connectivity index (χ0) is 18.3. The van der Waals surface area contributed by atoms with Gasteiger partial charge in [-0.15, -0.1) is 0 Å². The van der Waals surface area contributed by atoms with Gasteiger partial charge in [0.15, 0.2) is 0 Å². The van der Waals surface area contributed by atoms with E-state index in [1.54, 1.807) is 0 Å². The van der Waals surface area contributed by atoms with E-state index in [9.17, 15) is 0 Å². The van der Waals surface area contributed by atoms with Crippen molar-refractivity contribution in [3.05, 3.63) is 46.5 Å². The summed E-state index contributed by atoms with van der Waals surface area (Å²) in [6.45, 7) is 11.4. The minimum atomic E-state index is 0.225. The average Bonchev–Trinajstić information content (AvgIpc) is 3.55. The van der Waals surface area contributed by atoms with Crippen LogP contribution in [0, 0.1) is 27.7 Å². The molecule has 2 atom stereocenters. The molecular weight excluding hydrogens is 328 g/mol. The molecule has 0 amide bonds. The van der Waals surface area contributed by atoms with Gasteiger partial charge < -0.3 is 18.9 Å². The molecule has 4 heteroatoms. The number of benzene rings is 2. The lowest BCUT2D eigenvalue weighted by Crippen LogP contribution is -2.10. The summed E-state index contributed by atoms with van der Waals surface area (Å²) >= 11 is 0. The number of hydrogen-bond donors (Lipinski definition) is 0. The quantitative estimate of drug-likeness (QED) is 0.701. The number of epoxide rings is 2. The predicted molar refractivity (Wildman–Crippen MR) is 101 cm³/mol. The van der Waals surface area contributed by atoms with Gasteiger partial charge in [-0.25, -0.2) is 0 Å². The van der Waals surface area contributed by atoms with Crippen molar-refractivity contribution >= 4 is 0 Å². The van der Waals surface area contributed by atoms with Crippen LogP contribution in [-0.4, -0.2) is 38.6 Å². The van der Waals surface area contributed by atoms with Crippen LogP contribution in [-0.2, 0) is 9.47 Å². The molecule has 0 aromatic heterocycles. The molecule has 26 heavy (non-hydrogen) atoms. The van der Waals surface area contributed by atoms with Crippen LogP contribution in [0.3, 0.4) is 0 Å². The van der Waals surface area contributed by atoms with Crippen molar-refractivity contribution in [2.24, 2.45) is 0 Å². The molecule has 2 aliphatic rings. The largest absolute Gasteiger partial charge is 0.490 e. The molecule has 2 aromatic carbocycles. The molecule has 0 radical (unpaired) electrons. The second-order valence-electron chi connectivity index (χ2n) is 7.23. The third-order valence-electron chi connectivity index (χ3n) is 5.43. The van der Waals surface area contributed by atoms with E-state index >= 15 is 0 Å².